The number of aromatic amines is 1. The minimum absolute atomic E-state index is 0.00343. The van der Waals surface area contributed by atoms with Crippen LogP contribution in [0.2, 0.25) is 0 Å². The first-order chi connectivity index (χ1) is 20.0. The molecule has 212 valence electrons. The molecule has 3 atom stereocenters. The Hall–Kier alpha value is -4.20. The summed E-state index contributed by atoms with van der Waals surface area (Å²) in [7, 11) is 1.67. The predicted octanol–water partition coefficient (Wildman–Crippen LogP) is 5.56. The van der Waals surface area contributed by atoms with Crippen molar-refractivity contribution in [2.24, 2.45) is 5.92 Å². The van der Waals surface area contributed by atoms with Gasteiger partial charge in [-0.3, -0.25) is 9.59 Å². The van der Waals surface area contributed by atoms with Gasteiger partial charge in [0.15, 0.2) is 0 Å². The Bertz CT molecular complexity index is 1520. The number of anilines is 1. The Morgan fingerprint density at radius 2 is 1.80 bits per heavy atom. The summed E-state index contributed by atoms with van der Waals surface area (Å²) in [6.45, 7) is 2.53. The van der Waals surface area contributed by atoms with Crippen molar-refractivity contribution in [1.82, 2.24) is 9.88 Å². The molecule has 2 amide bonds. The average Bonchev–Trinajstić information content (AvgIpc) is 3.40. The highest BCUT2D eigenvalue weighted by Gasteiger charge is 2.28. The van der Waals surface area contributed by atoms with Gasteiger partial charge in [-0.2, -0.15) is 0 Å². The maximum Gasteiger partial charge on any atom is 0.228 e. The second-order valence-corrected chi connectivity index (χ2v) is 10.7. The first kappa shape index (κ1) is 28.3. The van der Waals surface area contributed by atoms with Crippen molar-refractivity contribution in [1.29, 1.82) is 0 Å². The molecule has 3 N–H and O–H groups in total. The van der Waals surface area contributed by atoms with Gasteiger partial charge in [-0.1, -0.05) is 73.7 Å². The van der Waals surface area contributed by atoms with Gasteiger partial charge in [0.1, 0.15) is 0 Å². The van der Waals surface area contributed by atoms with Crippen LogP contribution in [0.1, 0.15) is 41.7 Å². The number of aliphatic hydroxyl groups is 1. The molecule has 7 heteroatoms. The summed E-state index contributed by atoms with van der Waals surface area (Å²) in [5.41, 5.74) is 6.03. The number of carbonyl (C=O) groups excluding carboxylic acids is 2. The second-order valence-electron chi connectivity index (χ2n) is 10.7. The molecule has 3 aromatic carbocycles. The summed E-state index contributed by atoms with van der Waals surface area (Å²) >= 11 is 0. The van der Waals surface area contributed by atoms with Gasteiger partial charge in [-0.05, 0) is 46.9 Å². The third-order valence-corrected chi connectivity index (χ3v) is 7.90. The molecule has 0 fully saturated rings. The Morgan fingerprint density at radius 3 is 2.56 bits per heavy atom. The number of H-pyrrole nitrogens is 1. The lowest BCUT2D eigenvalue weighted by atomic mass is 9.93. The van der Waals surface area contributed by atoms with Gasteiger partial charge in [-0.25, -0.2) is 0 Å². The number of nitrogens with one attached hydrogen (secondary N) is 2. The van der Waals surface area contributed by atoms with Crippen LogP contribution in [0.15, 0.2) is 91.1 Å². The van der Waals surface area contributed by atoms with Gasteiger partial charge in [0.25, 0.3) is 0 Å². The van der Waals surface area contributed by atoms with Crippen molar-refractivity contribution in [2.45, 2.75) is 44.9 Å². The van der Waals surface area contributed by atoms with Gasteiger partial charge in [0.2, 0.25) is 11.8 Å². The molecule has 1 aliphatic rings. The molecule has 5 rings (SSSR count). The molecular weight excluding hydrogens is 514 g/mol. The van der Waals surface area contributed by atoms with Crippen LogP contribution in [0.3, 0.4) is 0 Å². The fourth-order valence-corrected chi connectivity index (χ4v) is 5.71. The van der Waals surface area contributed by atoms with E-state index in [2.05, 4.69) is 23.3 Å². The molecule has 2 heterocycles. The Morgan fingerprint density at radius 1 is 1.07 bits per heavy atom. The van der Waals surface area contributed by atoms with Gasteiger partial charge in [0.05, 0.1) is 25.2 Å². The number of benzene rings is 3. The van der Waals surface area contributed by atoms with Crippen LogP contribution in [0.5, 0.6) is 0 Å². The highest BCUT2D eigenvalue weighted by molar-refractivity contribution is 5.95. The number of rotatable bonds is 10. The Balaban J connectivity index is 1.16. The zero-order valence-corrected chi connectivity index (χ0v) is 23.5. The molecular formula is C34H37N3O4. The number of ether oxygens (including phenoxy) is 1. The van der Waals surface area contributed by atoms with Crippen molar-refractivity contribution in [3.05, 3.63) is 113 Å². The number of aromatic nitrogens is 1. The standard InChI is InChI=1S/C34H37N3O4/c1-23(8-7-13-33(40)37-21-26-10-4-3-9-25(26)18-29(37)22-38)34(41-2)24-14-16-28(17-15-24)36-32(39)19-27-20-35-31-12-6-5-11-30(27)31/h3-12,14-17,20,23,29,34-35,38H,13,18-19,21-22H2,1-2H3,(H,36,39)/b8-7+/t23-,29-,34+/m0/s1. The SMILES string of the molecule is CO[C@@H](c1ccc(NC(=O)Cc2c[nH]c3ccccc23)cc1)[C@@H](C)/C=C/CC(=O)N1Cc2ccccc2C[C@H]1CO. The zero-order valence-electron chi connectivity index (χ0n) is 23.5. The number of fused-ring (bicyclic) bond motifs is 2. The van der Waals surface area contributed by atoms with Gasteiger partial charge in [0, 0.05) is 48.8 Å². The van der Waals surface area contributed by atoms with Gasteiger partial charge >= 0.3 is 0 Å². The number of aliphatic hydroxyl groups excluding tert-OH is 1. The molecule has 41 heavy (non-hydrogen) atoms. The number of carbonyl (C=O) groups is 2. The molecule has 1 aromatic heterocycles. The van der Waals surface area contributed by atoms with Gasteiger partial charge in [-0.15, -0.1) is 0 Å². The van der Waals surface area contributed by atoms with Gasteiger partial charge < -0.3 is 25.0 Å². The number of methoxy groups -OCH3 is 1. The third kappa shape index (κ3) is 6.59. The summed E-state index contributed by atoms with van der Waals surface area (Å²) in [5.74, 6) is -0.0538. The fraction of sp³-hybridized carbons (Fsp3) is 0.294. The second kappa shape index (κ2) is 13.0. The number of amides is 2. The molecule has 0 saturated heterocycles. The molecule has 0 saturated carbocycles. The molecule has 0 unspecified atom stereocenters. The van der Waals surface area contributed by atoms with Crippen LogP contribution in [0.4, 0.5) is 5.69 Å². The van der Waals surface area contributed by atoms with E-state index in [0.717, 1.165) is 33.3 Å². The lowest BCUT2D eigenvalue weighted by molar-refractivity contribution is -0.134. The maximum absolute atomic E-state index is 13.1. The molecule has 7 nitrogen and oxygen atoms in total. The van der Waals surface area contributed by atoms with Crippen LogP contribution in [0, 0.1) is 5.92 Å². The van der Waals surface area contributed by atoms with Crippen LogP contribution in [0.25, 0.3) is 10.9 Å². The highest BCUT2D eigenvalue weighted by atomic mass is 16.5. The number of hydrogen-bond acceptors (Lipinski definition) is 4. The van der Waals surface area contributed by atoms with Crippen LogP contribution in [-0.2, 0) is 33.7 Å². The summed E-state index contributed by atoms with van der Waals surface area (Å²) in [6, 6.07) is 23.5. The van der Waals surface area contributed by atoms with E-state index in [1.54, 1.807) is 12.0 Å². The lowest BCUT2D eigenvalue weighted by Gasteiger charge is -2.36. The van der Waals surface area contributed by atoms with E-state index >= 15 is 0 Å². The quantitative estimate of drug-likeness (QED) is 0.225. The average molecular weight is 552 g/mol. The van der Waals surface area contributed by atoms with Crippen molar-refractivity contribution < 1.29 is 19.4 Å². The molecule has 0 spiro atoms. The highest BCUT2D eigenvalue weighted by Crippen LogP contribution is 2.28. The summed E-state index contributed by atoms with van der Waals surface area (Å²) < 4.78 is 5.81. The number of nitrogens with zero attached hydrogens (tertiary/aromatic N) is 1. The molecule has 0 radical (unpaired) electrons. The molecule has 0 aliphatic carbocycles. The molecule has 1 aliphatic heterocycles. The summed E-state index contributed by atoms with van der Waals surface area (Å²) in [6.07, 6.45) is 6.81. The minimum Gasteiger partial charge on any atom is -0.394 e. The first-order valence-electron chi connectivity index (χ1n) is 14.1. The largest absolute Gasteiger partial charge is 0.394 e. The normalized spacial score (nSPS) is 16.5. The topological polar surface area (TPSA) is 94.7 Å². The van der Waals surface area contributed by atoms with E-state index in [1.807, 2.05) is 85.1 Å². The maximum atomic E-state index is 13.1. The zero-order chi connectivity index (χ0) is 28.8. The smallest absolute Gasteiger partial charge is 0.228 e. The van der Waals surface area contributed by atoms with Crippen molar-refractivity contribution in [3.8, 4) is 0 Å². The minimum atomic E-state index is -0.204. The molecule has 0 bridgehead atoms. The number of para-hydroxylation sites is 1. The Kier molecular flexibility index (Phi) is 8.97. The first-order valence-corrected chi connectivity index (χ1v) is 14.1. The van der Waals surface area contributed by atoms with Crippen molar-refractivity contribution in [2.75, 3.05) is 19.0 Å². The van der Waals surface area contributed by atoms with E-state index in [9.17, 15) is 14.7 Å². The van der Waals surface area contributed by atoms with E-state index < -0.39 is 0 Å². The summed E-state index contributed by atoms with van der Waals surface area (Å²) in [5, 5.41) is 13.9. The monoisotopic (exact) mass is 551 g/mol. The summed E-state index contributed by atoms with van der Waals surface area (Å²) in [4.78, 5) is 30.7. The van der Waals surface area contributed by atoms with Crippen LogP contribution in [-0.4, -0.2) is 46.6 Å². The van der Waals surface area contributed by atoms with E-state index in [4.69, 9.17) is 4.74 Å². The predicted molar refractivity (Wildman–Crippen MR) is 161 cm³/mol. The molecule has 4 aromatic rings. The van der Waals surface area contributed by atoms with E-state index in [-0.39, 0.29) is 49.3 Å². The lowest BCUT2D eigenvalue weighted by Crippen LogP contribution is -2.46. The number of hydrogen-bond donors (Lipinski definition) is 3. The van der Waals surface area contributed by atoms with E-state index in [0.29, 0.717) is 13.0 Å². The third-order valence-electron chi connectivity index (χ3n) is 7.90. The van der Waals surface area contributed by atoms with Crippen LogP contribution < -0.4 is 5.32 Å². The van der Waals surface area contributed by atoms with Crippen molar-refractivity contribution in [3.63, 3.8) is 0 Å². The van der Waals surface area contributed by atoms with Crippen LogP contribution >= 0.6 is 0 Å². The fourth-order valence-electron chi connectivity index (χ4n) is 5.71. The van der Waals surface area contributed by atoms with E-state index in [1.165, 1.54) is 5.56 Å². The van der Waals surface area contributed by atoms with Crippen molar-refractivity contribution >= 4 is 28.4 Å². The Labute approximate surface area is 240 Å².